The molecular weight excluding hydrogens is 224 g/mol. The lowest BCUT2D eigenvalue weighted by molar-refractivity contribution is 0.284. The quantitative estimate of drug-likeness (QED) is 0.840. The van der Waals surface area contributed by atoms with Crippen LogP contribution in [0.4, 0.5) is 11.6 Å². The minimum atomic E-state index is 0.407. The maximum absolute atomic E-state index is 4.43. The Labute approximate surface area is 110 Å². The van der Waals surface area contributed by atoms with Crippen LogP contribution in [0.2, 0.25) is 0 Å². The summed E-state index contributed by atoms with van der Waals surface area (Å²) in [5.41, 5.74) is 1.19. The molecular formula is C14H24N4. The van der Waals surface area contributed by atoms with Gasteiger partial charge in [0.05, 0.1) is 0 Å². The Kier molecular flexibility index (Phi) is 4.04. The second kappa shape index (κ2) is 5.55. The van der Waals surface area contributed by atoms with Gasteiger partial charge in [0.15, 0.2) is 0 Å². The van der Waals surface area contributed by atoms with E-state index in [1.54, 1.807) is 6.33 Å². The molecule has 0 bridgehead atoms. The van der Waals surface area contributed by atoms with Gasteiger partial charge in [0, 0.05) is 18.7 Å². The number of anilines is 2. The summed E-state index contributed by atoms with van der Waals surface area (Å²) < 4.78 is 0. The van der Waals surface area contributed by atoms with E-state index in [-0.39, 0.29) is 0 Å². The zero-order valence-electron chi connectivity index (χ0n) is 11.8. The molecule has 4 nitrogen and oxygen atoms in total. The molecule has 1 unspecified atom stereocenters. The number of hydrogen-bond donors (Lipinski definition) is 2. The van der Waals surface area contributed by atoms with Gasteiger partial charge in [-0.15, -0.1) is 0 Å². The van der Waals surface area contributed by atoms with Gasteiger partial charge in [-0.1, -0.05) is 20.3 Å². The van der Waals surface area contributed by atoms with E-state index in [2.05, 4.69) is 41.4 Å². The van der Waals surface area contributed by atoms with E-state index in [9.17, 15) is 0 Å². The predicted octanol–water partition coefficient (Wildman–Crippen LogP) is 3.24. The number of rotatable bonds is 5. The van der Waals surface area contributed by atoms with Crippen molar-refractivity contribution in [3.8, 4) is 0 Å². The molecule has 4 heteroatoms. The van der Waals surface area contributed by atoms with Gasteiger partial charge in [-0.05, 0) is 31.6 Å². The lowest BCUT2D eigenvalue weighted by atomic mass is 9.80. The third-order valence-electron chi connectivity index (χ3n) is 3.92. The monoisotopic (exact) mass is 248 g/mol. The van der Waals surface area contributed by atoms with E-state index >= 15 is 0 Å². The minimum Gasteiger partial charge on any atom is -0.373 e. The normalized spacial score (nSPS) is 17.4. The number of nitrogens with zero attached hydrogens (tertiary/aromatic N) is 2. The van der Waals surface area contributed by atoms with Crippen LogP contribution in [-0.2, 0) is 0 Å². The van der Waals surface area contributed by atoms with Crippen molar-refractivity contribution in [2.45, 2.75) is 52.0 Å². The Morgan fingerprint density at radius 1 is 1.17 bits per heavy atom. The van der Waals surface area contributed by atoms with Crippen LogP contribution >= 0.6 is 0 Å². The molecule has 0 aliphatic heterocycles. The molecule has 0 amide bonds. The maximum atomic E-state index is 4.43. The molecule has 0 saturated heterocycles. The average Bonchev–Trinajstić information content (AvgIpc) is 2.25. The predicted molar refractivity (Wildman–Crippen MR) is 76.1 cm³/mol. The van der Waals surface area contributed by atoms with E-state index < -0.39 is 0 Å². The summed E-state index contributed by atoms with van der Waals surface area (Å²) >= 11 is 0. The van der Waals surface area contributed by atoms with E-state index in [4.69, 9.17) is 0 Å². The fourth-order valence-electron chi connectivity index (χ4n) is 2.53. The Morgan fingerprint density at radius 2 is 1.83 bits per heavy atom. The van der Waals surface area contributed by atoms with Gasteiger partial charge >= 0.3 is 0 Å². The minimum absolute atomic E-state index is 0.407. The van der Waals surface area contributed by atoms with Crippen LogP contribution in [0.5, 0.6) is 0 Å². The summed E-state index contributed by atoms with van der Waals surface area (Å²) in [7, 11) is 1.91. The van der Waals surface area contributed by atoms with E-state index in [1.165, 1.54) is 24.8 Å². The van der Waals surface area contributed by atoms with Crippen molar-refractivity contribution in [1.29, 1.82) is 0 Å². The highest BCUT2D eigenvalue weighted by atomic mass is 15.1. The third-order valence-corrected chi connectivity index (χ3v) is 3.92. The molecule has 1 aromatic rings. The van der Waals surface area contributed by atoms with E-state index in [0.717, 1.165) is 17.6 Å². The zero-order valence-corrected chi connectivity index (χ0v) is 11.8. The molecule has 0 aromatic carbocycles. The SMILES string of the molecule is CNc1ncnc(NC(C)C2CCC2)c1C(C)C. The molecule has 2 rings (SSSR count). The average molecular weight is 248 g/mol. The van der Waals surface area contributed by atoms with Crippen molar-refractivity contribution in [3.05, 3.63) is 11.9 Å². The first-order valence-corrected chi connectivity index (χ1v) is 6.92. The molecule has 1 aliphatic rings. The number of nitrogens with one attached hydrogen (secondary N) is 2. The van der Waals surface area contributed by atoms with Gasteiger partial charge in [0.2, 0.25) is 0 Å². The van der Waals surface area contributed by atoms with Gasteiger partial charge in [0.1, 0.15) is 18.0 Å². The van der Waals surface area contributed by atoms with Crippen molar-refractivity contribution in [2.24, 2.45) is 5.92 Å². The smallest absolute Gasteiger partial charge is 0.135 e. The molecule has 1 aromatic heterocycles. The van der Waals surface area contributed by atoms with Gasteiger partial charge in [-0.2, -0.15) is 0 Å². The summed E-state index contributed by atoms with van der Waals surface area (Å²) in [6.45, 7) is 6.62. The van der Waals surface area contributed by atoms with Crippen LogP contribution < -0.4 is 10.6 Å². The molecule has 0 radical (unpaired) electrons. The van der Waals surface area contributed by atoms with Crippen LogP contribution in [0.15, 0.2) is 6.33 Å². The van der Waals surface area contributed by atoms with Crippen LogP contribution in [0.1, 0.15) is 51.5 Å². The van der Waals surface area contributed by atoms with Gasteiger partial charge in [-0.25, -0.2) is 9.97 Å². The van der Waals surface area contributed by atoms with E-state index in [0.29, 0.717) is 12.0 Å². The van der Waals surface area contributed by atoms with Gasteiger partial charge in [-0.3, -0.25) is 0 Å². The first kappa shape index (κ1) is 13.1. The first-order valence-electron chi connectivity index (χ1n) is 6.92. The Balaban J connectivity index is 2.20. The molecule has 1 saturated carbocycles. The Hall–Kier alpha value is -1.32. The summed E-state index contributed by atoms with van der Waals surface area (Å²) in [4.78, 5) is 8.73. The van der Waals surface area contributed by atoms with Crippen LogP contribution in [0.25, 0.3) is 0 Å². The van der Waals surface area contributed by atoms with Crippen molar-refractivity contribution in [3.63, 3.8) is 0 Å². The molecule has 18 heavy (non-hydrogen) atoms. The number of hydrogen-bond acceptors (Lipinski definition) is 4. The van der Waals surface area contributed by atoms with Crippen molar-refractivity contribution < 1.29 is 0 Å². The first-order chi connectivity index (χ1) is 8.63. The van der Waals surface area contributed by atoms with Crippen LogP contribution in [0.3, 0.4) is 0 Å². The number of aromatic nitrogens is 2. The maximum Gasteiger partial charge on any atom is 0.135 e. The Bertz CT molecular complexity index is 399. The van der Waals surface area contributed by atoms with Crippen molar-refractivity contribution in [2.75, 3.05) is 17.7 Å². The summed E-state index contributed by atoms with van der Waals surface area (Å²) in [6, 6.07) is 0.496. The zero-order chi connectivity index (χ0) is 13.1. The highest BCUT2D eigenvalue weighted by Crippen LogP contribution is 2.33. The largest absolute Gasteiger partial charge is 0.373 e. The second-order valence-electron chi connectivity index (χ2n) is 5.51. The van der Waals surface area contributed by atoms with E-state index in [1.807, 2.05) is 7.05 Å². The fraction of sp³-hybridized carbons (Fsp3) is 0.714. The summed E-state index contributed by atoms with van der Waals surface area (Å²) in [5.74, 6) is 3.13. The molecule has 2 N–H and O–H groups in total. The third kappa shape index (κ3) is 2.57. The molecule has 1 heterocycles. The Morgan fingerprint density at radius 3 is 2.33 bits per heavy atom. The van der Waals surface area contributed by atoms with Crippen molar-refractivity contribution in [1.82, 2.24) is 9.97 Å². The summed E-state index contributed by atoms with van der Waals surface area (Å²) in [6.07, 6.45) is 5.69. The van der Waals surface area contributed by atoms with Gasteiger partial charge in [0.25, 0.3) is 0 Å². The van der Waals surface area contributed by atoms with Crippen LogP contribution in [0, 0.1) is 5.92 Å². The highest BCUT2D eigenvalue weighted by molar-refractivity contribution is 5.59. The topological polar surface area (TPSA) is 49.8 Å². The van der Waals surface area contributed by atoms with Crippen molar-refractivity contribution >= 4 is 11.6 Å². The lowest BCUT2D eigenvalue weighted by Gasteiger charge is -2.33. The lowest BCUT2D eigenvalue weighted by Crippen LogP contribution is -2.31. The molecule has 0 spiro atoms. The molecule has 1 aliphatic carbocycles. The molecule has 1 atom stereocenters. The second-order valence-corrected chi connectivity index (χ2v) is 5.51. The van der Waals surface area contributed by atoms with Gasteiger partial charge < -0.3 is 10.6 Å². The molecule has 100 valence electrons. The summed E-state index contributed by atoms with van der Waals surface area (Å²) in [5, 5.41) is 6.73. The van der Waals surface area contributed by atoms with Crippen LogP contribution in [-0.4, -0.2) is 23.1 Å². The molecule has 1 fully saturated rings. The fourth-order valence-corrected chi connectivity index (χ4v) is 2.53. The highest BCUT2D eigenvalue weighted by Gasteiger charge is 2.25. The standard InChI is InChI=1S/C14H24N4/c1-9(2)12-13(15-4)16-8-17-14(12)18-10(3)11-6-5-7-11/h8-11H,5-7H2,1-4H3,(H2,15,16,17,18).